The van der Waals surface area contributed by atoms with Gasteiger partial charge in [-0.05, 0) is 77.0 Å². The first-order chi connectivity index (χ1) is 33.5. The van der Waals surface area contributed by atoms with Crippen molar-refractivity contribution in [2.45, 2.75) is 329 Å². The predicted octanol–water partition coefficient (Wildman–Crippen LogP) is 20.0. The molecule has 0 aliphatic rings. The van der Waals surface area contributed by atoms with E-state index in [0.29, 0.717) is 19.3 Å². The molecule has 0 N–H and O–H groups in total. The van der Waals surface area contributed by atoms with Gasteiger partial charge in [0.15, 0.2) is 6.10 Å². The average molecular weight is 956 g/mol. The van der Waals surface area contributed by atoms with Crippen LogP contribution in [0.5, 0.6) is 0 Å². The summed E-state index contributed by atoms with van der Waals surface area (Å²) in [5, 5.41) is 0. The number of hydrogen-bond donors (Lipinski definition) is 0. The van der Waals surface area contributed by atoms with Crippen LogP contribution in [0.3, 0.4) is 0 Å². The maximum absolute atomic E-state index is 12.8. The van der Waals surface area contributed by atoms with Gasteiger partial charge >= 0.3 is 17.9 Å². The van der Waals surface area contributed by atoms with E-state index >= 15 is 0 Å². The van der Waals surface area contributed by atoms with E-state index < -0.39 is 6.10 Å². The molecule has 0 aromatic rings. The molecule has 0 aromatic heterocycles. The van der Waals surface area contributed by atoms with Gasteiger partial charge in [0, 0.05) is 19.3 Å². The molecule has 0 fully saturated rings. The van der Waals surface area contributed by atoms with Gasteiger partial charge in [-0.15, -0.1) is 0 Å². The number of carbonyl (C=O) groups is 3. The van der Waals surface area contributed by atoms with Crippen LogP contribution in [-0.2, 0) is 28.6 Å². The molecule has 1 unspecified atom stereocenters. The van der Waals surface area contributed by atoms with Crippen molar-refractivity contribution in [2.24, 2.45) is 0 Å². The number of hydrogen-bond acceptors (Lipinski definition) is 6. The Morgan fingerprint density at radius 3 is 0.838 bits per heavy atom. The summed E-state index contributed by atoms with van der Waals surface area (Å²) in [6, 6.07) is 0. The van der Waals surface area contributed by atoms with E-state index in [1.807, 2.05) is 0 Å². The topological polar surface area (TPSA) is 78.9 Å². The maximum Gasteiger partial charge on any atom is 0.306 e. The lowest BCUT2D eigenvalue weighted by Gasteiger charge is -2.18. The minimum atomic E-state index is -0.773. The summed E-state index contributed by atoms with van der Waals surface area (Å²) in [6.45, 7) is 6.56. The van der Waals surface area contributed by atoms with Crippen molar-refractivity contribution in [1.82, 2.24) is 0 Å². The highest BCUT2D eigenvalue weighted by atomic mass is 16.6. The second-order valence-electron chi connectivity index (χ2n) is 20.3. The number of unbranched alkanes of at least 4 members (excludes halogenated alkanes) is 38. The van der Waals surface area contributed by atoms with Crippen molar-refractivity contribution in [3.05, 3.63) is 36.5 Å². The molecular formula is C62H114O6. The van der Waals surface area contributed by atoms with Gasteiger partial charge in [-0.1, -0.05) is 263 Å². The third-order valence-corrected chi connectivity index (χ3v) is 13.4. The molecule has 0 bridgehead atoms. The van der Waals surface area contributed by atoms with Gasteiger partial charge in [0.1, 0.15) is 13.2 Å². The van der Waals surface area contributed by atoms with Gasteiger partial charge in [-0.25, -0.2) is 0 Å². The van der Waals surface area contributed by atoms with Gasteiger partial charge < -0.3 is 14.2 Å². The standard InChI is InChI=1S/C62H114O6/c1-4-7-10-13-15-17-19-21-23-25-26-27-28-29-30-31-32-33-34-35-36-37-39-40-42-44-46-49-52-55-61(64)67-58-59(57-66-60(63)54-51-48-12-9-6-3)68-62(65)56-53-50-47-45-43-41-38-24-22-20-18-16-14-11-8-5-2/h18,20,24-26,38,59H,4-17,19,21-23,27-37,39-58H2,1-3H3/b20-18-,26-25-,38-24-. The minimum absolute atomic E-state index is 0.0750. The zero-order chi connectivity index (χ0) is 49.3. The van der Waals surface area contributed by atoms with E-state index in [-0.39, 0.29) is 31.1 Å². The molecule has 0 saturated heterocycles. The summed E-state index contributed by atoms with van der Waals surface area (Å²) in [4.78, 5) is 37.8. The molecule has 0 radical (unpaired) electrons. The lowest BCUT2D eigenvalue weighted by atomic mass is 10.0. The average Bonchev–Trinajstić information content (AvgIpc) is 3.34. The fourth-order valence-electron chi connectivity index (χ4n) is 8.82. The Hall–Kier alpha value is -2.37. The van der Waals surface area contributed by atoms with Crippen LogP contribution in [0.4, 0.5) is 0 Å². The van der Waals surface area contributed by atoms with Crippen molar-refractivity contribution in [2.75, 3.05) is 13.2 Å². The fourth-order valence-corrected chi connectivity index (χ4v) is 8.82. The summed E-state index contributed by atoms with van der Waals surface area (Å²) < 4.78 is 16.7. The SMILES string of the molecule is CCCCCC/C=C\C/C=C\CCCCCCCC(=O)OC(COC(=O)CCCCCCC)COC(=O)CCCCCCCCCCCCCCCCCCC/C=C\CCCCCCCCCC. The first kappa shape index (κ1) is 65.6. The lowest BCUT2D eigenvalue weighted by molar-refractivity contribution is -0.167. The van der Waals surface area contributed by atoms with Crippen LogP contribution >= 0.6 is 0 Å². The second kappa shape index (κ2) is 57.2. The van der Waals surface area contributed by atoms with Gasteiger partial charge in [-0.2, -0.15) is 0 Å². The Labute approximate surface area is 423 Å². The molecule has 6 nitrogen and oxygen atoms in total. The number of rotatable bonds is 55. The Kier molecular flexibility index (Phi) is 55.2. The molecule has 1 atom stereocenters. The molecule has 0 aliphatic heterocycles. The van der Waals surface area contributed by atoms with Crippen LogP contribution < -0.4 is 0 Å². The van der Waals surface area contributed by atoms with Crippen LogP contribution in [0, 0.1) is 0 Å². The fraction of sp³-hybridized carbons (Fsp3) is 0.855. The third-order valence-electron chi connectivity index (χ3n) is 13.4. The number of carbonyl (C=O) groups excluding carboxylic acids is 3. The largest absolute Gasteiger partial charge is 0.462 e. The monoisotopic (exact) mass is 955 g/mol. The summed E-state index contributed by atoms with van der Waals surface area (Å²) in [5.74, 6) is -0.889. The Morgan fingerprint density at radius 2 is 0.529 bits per heavy atom. The molecule has 0 saturated carbocycles. The first-order valence-electron chi connectivity index (χ1n) is 30.0. The van der Waals surface area contributed by atoms with E-state index in [4.69, 9.17) is 14.2 Å². The van der Waals surface area contributed by atoms with E-state index in [0.717, 1.165) is 89.9 Å². The van der Waals surface area contributed by atoms with Gasteiger partial charge in [0.2, 0.25) is 0 Å². The third kappa shape index (κ3) is 54.6. The molecule has 68 heavy (non-hydrogen) atoms. The second-order valence-corrected chi connectivity index (χ2v) is 20.3. The highest BCUT2D eigenvalue weighted by molar-refractivity contribution is 5.71. The van der Waals surface area contributed by atoms with Crippen molar-refractivity contribution in [1.29, 1.82) is 0 Å². The normalized spacial score (nSPS) is 12.2. The van der Waals surface area contributed by atoms with E-state index in [1.165, 1.54) is 193 Å². The zero-order valence-corrected chi connectivity index (χ0v) is 45.6. The molecule has 6 heteroatoms. The minimum Gasteiger partial charge on any atom is -0.462 e. The highest BCUT2D eigenvalue weighted by Crippen LogP contribution is 2.17. The van der Waals surface area contributed by atoms with Gasteiger partial charge in [-0.3, -0.25) is 14.4 Å². The maximum atomic E-state index is 12.8. The summed E-state index contributed by atoms with van der Waals surface area (Å²) in [7, 11) is 0. The molecule has 0 rings (SSSR count). The van der Waals surface area contributed by atoms with Crippen LogP contribution in [0.1, 0.15) is 323 Å². The molecular weight excluding hydrogens is 841 g/mol. The summed E-state index contributed by atoms with van der Waals surface area (Å²) >= 11 is 0. The van der Waals surface area contributed by atoms with Gasteiger partial charge in [0.25, 0.3) is 0 Å². The smallest absolute Gasteiger partial charge is 0.306 e. The van der Waals surface area contributed by atoms with E-state index in [2.05, 4.69) is 57.2 Å². The predicted molar refractivity (Wildman–Crippen MR) is 293 cm³/mol. The molecule has 0 spiro atoms. The van der Waals surface area contributed by atoms with Crippen molar-refractivity contribution < 1.29 is 28.6 Å². The van der Waals surface area contributed by atoms with E-state index in [1.54, 1.807) is 0 Å². The Morgan fingerprint density at radius 1 is 0.294 bits per heavy atom. The number of ether oxygens (including phenoxy) is 3. The van der Waals surface area contributed by atoms with Crippen molar-refractivity contribution in [3.8, 4) is 0 Å². The van der Waals surface area contributed by atoms with Crippen molar-refractivity contribution in [3.63, 3.8) is 0 Å². The molecule has 0 aromatic carbocycles. The number of allylic oxidation sites excluding steroid dienone is 6. The van der Waals surface area contributed by atoms with Gasteiger partial charge in [0.05, 0.1) is 0 Å². The quantitative estimate of drug-likeness (QED) is 0.0262. The van der Waals surface area contributed by atoms with Crippen molar-refractivity contribution >= 4 is 17.9 Å². The molecule has 0 amide bonds. The zero-order valence-electron chi connectivity index (χ0n) is 45.6. The Bertz CT molecular complexity index is 1140. The summed E-state index contributed by atoms with van der Waals surface area (Å²) in [5.41, 5.74) is 0. The van der Waals surface area contributed by atoms with Crippen LogP contribution in [0.15, 0.2) is 36.5 Å². The molecule has 0 aliphatic carbocycles. The van der Waals surface area contributed by atoms with Crippen LogP contribution in [0.25, 0.3) is 0 Å². The highest BCUT2D eigenvalue weighted by Gasteiger charge is 2.19. The summed E-state index contributed by atoms with van der Waals surface area (Å²) in [6.07, 6.45) is 69.2. The first-order valence-corrected chi connectivity index (χ1v) is 30.0. The number of esters is 3. The molecule has 0 heterocycles. The van der Waals surface area contributed by atoms with Crippen LogP contribution in [0.2, 0.25) is 0 Å². The van der Waals surface area contributed by atoms with E-state index in [9.17, 15) is 14.4 Å². The lowest BCUT2D eigenvalue weighted by Crippen LogP contribution is -2.30. The Balaban J connectivity index is 3.97. The molecule has 398 valence electrons. The van der Waals surface area contributed by atoms with Crippen LogP contribution in [-0.4, -0.2) is 37.2 Å².